The predicted octanol–water partition coefficient (Wildman–Crippen LogP) is 2.43. The summed E-state index contributed by atoms with van der Waals surface area (Å²) in [6, 6.07) is 0. The molecule has 0 radical (unpaired) electrons. The third kappa shape index (κ3) is 19.9. The summed E-state index contributed by atoms with van der Waals surface area (Å²) < 4.78 is 67.5. The zero-order valence-electron chi connectivity index (χ0n) is 45.7. The number of carbonyl (C=O) groups is 4. The van der Waals surface area contributed by atoms with Crippen LogP contribution in [0.1, 0.15) is 170 Å². The van der Waals surface area contributed by atoms with Crippen LogP contribution in [-0.2, 0) is 71.3 Å². The Morgan fingerprint density at radius 2 is 1.00 bits per heavy atom. The highest BCUT2D eigenvalue weighted by Gasteiger charge is 2.58. The molecule has 76 heavy (non-hydrogen) atoms. The van der Waals surface area contributed by atoms with Crippen LogP contribution >= 0.6 is 0 Å². The van der Waals surface area contributed by atoms with Crippen molar-refractivity contribution in [3.8, 4) is 0 Å². The average Bonchev–Trinajstić information content (AvgIpc) is 3.37. The van der Waals surface area contributed by atoms with Gasteiger partial charge in [-0.25, -0.2) is 0 Å². The van der Waals surface area contributed by atoms with Gasteiger partial charge in [-0.05, 0) is 52.9 Å². The average molecular weight is 1100 g/mol. The van der Waals surface area contributed by atoms with Crippen molar-refractivity contribution < 1.29 is 112 Å². The number of rotatable bonds is 33. The number of ketones is 1. The number of hydrogen-bond acceptors (Lipinski definition) is 23. The molecule has 0 aromatic heterocycles. The third-order valence-electron chi connectivity index (χ3n) is 14.3. The first-order valence-corrected chi connectivity index (χ1v) is 27.9. The lowest BCUT2D eigenvalue weighted by atomic mass is 9.95. The molecule has 0 amide bonds. The summed E-state index contributed by atoms with van der Waals surface area (Å²) in [6.45, 7) is 9.69. The smallest absolute Gasteiger partial charge is 0.306 e. The van der Waals surface area contributed by atoms with E-state index in [1.165, 1.54) is 13.8 Å². The summed E-state index contributed by atoms with van der Waals surface area (Å²) in [6.07, 6.45) is -19.7. The standard InChI is InChI=1S/C53H92O23/c1-8-11-12-13-14-17-20-25-33(26-21-18-15-16-19-24-29(4)55)70-52-47(42(63)40(61)34(27-54)71-52)75-53-49(76-51-44(65)46(39(60)31(6)68-51)73-36(57)22-9-2)48(74-37(58)23-10-3)45(69-32(7)56)35(72-53)28-66-50-43(64)41(62)38(59)30(5)67-50/h30-31,33-35,38-54,59-65H,8-28H2,1-7H3/t30-,31+,33-,34-,35-,38+,39+,40-,41+,42+,43+,44+,45-,46-,47-,48+,49-,50-,51+,52-,53+/m1/s1. The number of Topliss-reactive ketones (excluding diaryl/α,β-unsaturated/α-hetero) is 1. The fourth-order valence-corrected chi connectivity index (χ4v) is 9.85. The van der Waals surface area contributed by atoms with Gasteiger partial charge in [0.1, 0.15) is 66.8 Å². The lowest BCUT2D eigenvalue weighted by Gasteiger charge is -2.50. The van der Waals surface area contributed by atoms with E-state index >= 15 is 0 Å². The second-order valence-electron chi connectivity index (χ2n) is 20.8. The van der Waals surface area contributed by atoms with E-state index in [-0.39, 0.29) is 18.6 Å². The molecule has 21 atom stereocenters. The Morgan fingerprint density at radius 3 is 1.58 bits per heavy atom. The molecule has 0 aromatic rings. The highest BCUT2D eigenvalue weighted by atomic mass is 16.8. The molecule has 23 heteroatoms. The molecule has 0 unspecified atom stereocenters. The Labute approximate surface area is 447 Å². The molecular formula is C53H92O23. The Hall–Kier alpha value is -2.56. The minimum absolute atomic E-state index is 0.0480. The summed E-state index contributed by atoms with van der Waals surface area (Å²) in [4.78, 5) is 51.0. The number of aliphatic hydroxyl groups excluding tert-OH is 8. The molecule has 0 saturated carbocycles. The molecule has 4 aliphatic rings. The lowest BCUT2D eigenvalue weighted by molar-refractivity contribution is -0.397. The first-order chi connectivity index (χ1) is 36.3. The van der Waals surface area contributed by atoms with Gasteiger partial charge in [0.25, 0.3) is 0 Å². The van der Waals surface area contributed by atoms with Crippen LogP contribution in [0.2, 0.25) is 0 Å². The van der Waals surface area contributed by atoms with Crippen molar-refractivity contribution in [3.63, 3.8) is 0 Å². The van der Waals surface area contributed by atoms with Gasteiger partial charge in [0.05, 0.1) is 31.5 Å². The zero-order chi connectivity index (χ0) is 56.1. The number of hydrogen-bond donors (Lipinski definition) is 8. The molecule has 4 rings (SSSR count). The molecule has 0 spiro atoms. The number of ether oxygens (including phenoxy) is 11. The van der Waals surface area contributed by atoms with Gasteiger partial charge in [-0.15, -0.1) is 0 Å². The zero-order valence-corrected chi connectivity index (χ0v) is 45.7. The highest BCUT2D eigenvalue weighted by Crippen LogP contribution is 2.38. The minimum Gasteiger partial charge on any atom is -0.456 e. The van der Waals surface area contributed by atoms with E-state index in [1.54, 1.807) is 20.8 Å². The molecule has 442 valence electrons. The van der Waals surface area contributed by atoms with Gasteiger partial charge in [-0.3, -0.25) is 14.4 Å². The summed E-state index contributed by atoms with van der Waals surface area (Å²) in [5.74, 6) is -2.34. The van der Waals surface area contributed by atoms with Crippen LogP contribution in [0, 0.1) is 0 Å². The normalized spacial score (nSPS) is 36.3. The van der Waals surface area contributed by atoms with E-state index in [0.29, 0.717) is 32.1 Å². The lowest BCUT2D eigenvalue weighted by Crippen LogP contribution is -2.68. The van der Waals surface area contributed by atoms with E-state index in [1.807, 2.05) is 0 Å². The molecule has 0 bridgehead atoms. The van der Waals surface area contributed by atoms with E-state index in [0.717, 1.165) is 84.0 Å². The highest BCUT2D eigenvalue weighted by molar-refractivity contribution is 5.75. The van der Waals surface area contributed by atoms with Gasteiger partial charge in [0.2, 0.25) is 0 Å². The molecule has 4 saturated heterocycles. The fraction of sp³-hybridized carbons (Fsp3) is 0.925. The van der Waals surface area contributed by atoms with Gasteiger partial charge in [-0.1, -0.05) is 91.4 Å². The SMILES string of the molecule is CCCCCCCCC[C@H](CCCCCCCC(C)=O)O[C@@H]1O[C@H](CO)[C@@H](O)[C@H](O)[C@H]1O[C@@H]1O[C@H](CO[C@@H]2O[C@H](C)[C@H](O)[C@H](O)[C@@H]2O)[C@@H](OC(C)=O)[C@H](OC(=O)CCC)[C@H]1O[C@@H]1O[C@@H](C)[C@H](O)[C@@H](OC(=O)CCC)[C@@H]1O. The quantitative estimate of drug-likeness (QED) is 0.0266. The van der Waals surface area contributed by atoms with Crippen LogP contribution in [0.3, 0.4) is 0 Å². The Bertz CT molecular complexity index is 1690. The van der Waals surface area contributed by atoms with Crippen molar-refractivity contribution in [2.75, 3.05) is 13.2 Å². The van der Waals surface area contributed by atoms with Crippen molar-refractivity contribution >= 4 is 23.7 Å². The van der Waals surface area contributed by atoms with E-state index < -0.39 is 160 Å². The monoisotopic (exact) mass is 1100 g/mol. The first-order valence-electron chi connectivity index (χ1n) is 27.9. The number of carbonyl (C=O) groups excluding carboxylic acids is 4. The van der Waals surface area contributed by atoms with Gasteiger partial charge < -0.3 is 97.8 Å². The number of unbranched alkanes of at least 4 members (excludes halogenated alkanes) is 10. The summed E-state index contributed by atoms with van der Waals surface area (Å²) in [7, 11) is 0. The second-order valence-corrected chi connectivity index (χ2v) is 20.8. The van der Waals surface area contributed by atoms with E-state index in [4.69, 9.17) is 52.1 Å². The van der Waals surface area contributed by atoms with Crippen molar-refractivity contribution in [2.24, 2.45) is 0 Å². The summed E-state index contributed by atoms with van der Waals surface area (Å²) in [5.41, 5.74) is 0. The van der Waals surface area contributed by atoms with Gasteiger partial charge >= 0.3 is 17.9 Å². The van der Waals surface area contributed by atoms with Crippen molar-refractivity contribution in [3.05, 3.63) is 0 Å². The molecule has 4 heterocycles. The Morgan fingerprint density at radius 1 is 0.461 bits per heavy atom. The van der Waals surface area contributed by atoms with Gasteiger partial charge in [0, 0.05) is 26.2 Å². The van der Waals surface area contributed by atoms with Crippen LogP contribution in [0.15, 0.2) is 0 Å². The summed E-state index contributed by atoms with van der Waals surface area (Å²) >= 11 is 0. The summed E-state index contributed by atoms with van der Waals surface area (Å²) in [5, 5.41) is 88.6. The van der Waals surface area contributed by atoms with Crippen LogP contribution in [-0.4, -0.2) is 207 Å². The van der Waals surface area contributed by atoms with Crippen LogP contribution in [0.25, 0.3) is 0 Å². The molecular weight excluding hydrogens is 1000 g/mol. The fourth-order valence-electron chi connectivity index (χ4n) is 9.85. The third-order valence-corrected chi connectivity index (χ3v) is 14.3. The Balaban J connectivity index is 1.79. The number of aliphatic hydroxyl groups is 8. The van der Waals surface area contributed by atoms with Crippen molar-refractivity contribution in [1.29, 1.82) is 0 Å². The van der Waals surface area contributed by atoms with Gasteiger partial charge in [0.15, 0.2) is 49.6 Å². The van der Waals surface area contributed by atoms with Gasteiger partial charge in [-0.2, -0.15) is 0 Å². The maximum absolute atomic E-state index is 13.7. The Kier molecular flexibility index (Phi) is 29.4. The van der Waals surface area contributed by atoms with Crippen LogP contribution < -0.4 is 0 Å². The van der Waals surface area contributed by atoms with E-state index in [2.05, 4.69) is 6.92 Å². The van der Waals surface area contributed by atoms with Crippen molar-refractivity contribution in [2.45, 2.75) is 299 Å². The first kappa shape index (κ1) is 66.0. The second kappa shape index (κ2) is 33.9. The topological polar surface area (TPSA) is 332 Å². The van der Waals surface area contributed by atoms with Crippen LogP contribution in [0.4, 0.5) is 0 Å². The van der Waals surface area contributed by atoms with Crippen LogP contribution in [0.5, 0.6) is 0 Å². The van der Waals surface area contributed by atoms with E-state index in [9.17, 15) is 60.0 Å². The molecule has 4 aliphatic heterocycles. The maximum atomic E-state index is 13.7. The molecule has 0 aromatic carbocycles. The molecule has 8 N–H and O–H groups in total. The number of esters is 3. The predicted molar refractivity (Wildman–Crippen MR) is 266 cm³/mol. The molecule has 4 fully saturated rings. The van der Waals surface area contributed by atoms with Crippen molar-refractivity contribution in [1.82, 2.24) is 0 Å². The largest absolute Gasteiger partial charge is 0.456 e. The molecule has 23 nitrogen and oxygen atoms in total. The molecule has 0 aliphatic carbocycles. The minimum atomic E-state index is -1.92. The maximum Gasteiger partial charge on any atom is 0.306 e.